The molecule has 0 aromatic heterocycles. The van der Waals surface area contributed by atoms with Crippen LogP contribution in [0, 0.1) is 25.2 Å². The van der Waals surface area contributed by atoms with Crippen LogP contribution in [0.25, 0.3) is 0 Å². The van der Waals surface area contributed by atoms with Crippen LogP contribution >= 0.6 is 0 Å². The van der Waals surface area contributed by atoms with Crippen LogP contribution in [0.4, 0.5) is 0 Å². The predicted octanol–water partition coefficient (Wildman–Crippen LogP) is 2.41. The minimum atomic E-state index is -3.50. The highest BCUT2D eigenvalue weighted by Gasteiger charge is 2.32. The van der Waals surface area contributed by atoms with Crippen LogP contribution < -0.4 is 5.32 Å². The maximum atomic E-state index is 12.9. The molecule has 0 atom stereocenters. The lowest BCUT2D eigenvalue weighted by Crippen LogP contribution is -2.46. The second-order valence-corrected chi connectivity index (χ2v) is 11.0. The Morgan fingerprint density at radius 1 is 1.18 bits per heavy atom. The number of carbonyl (C=O) groups excluding carboxylic acids is 1. The molecule has 0 bridgehead atoms. The van der Waals surface area contributed by atoms with Crippen LogP contribution in [-0.2, 0) is 14.8 Å². The third-order valence-corrected chi connectivity index (χ3v) is 7.32. The summed E-state index contributed by atoms with van der Waals surface area (Å²) in [6.45, 7) is 10.4. The molecule has 0 unspecified atom stereocenters. The number of piperidine rings is 1. The van der Waals surface area contributed by atoms with Crippen LogP contribution in [0.5, 0.6) is 0 Å². The summed E-state index contributed by atoms with van der Waals surface area (Å²) in [7, 11) is 0.543. The van der Waals surface area contributed by atoms with Crippen molar-refractivity contribution >= 4 is 15.9 Å². The SMILES string of the molecule is Cc1ccc(S(=O)(=O)N2CCC(C(=O)NCC(C)(C)CN(C)C)CC2)cc1C. The Bertz CT molecular complexity index is 795. The molecule has 1 aromatic rings. The molecule has 1 aliphatic heterocycles. The van der Waals surface area contributed by atoms with Crippen molar-refractivity contribution in [3.63, 3.8) is 0 Å². The summed E-state index contributed by atoms with van der Waals surface area (Å²) in [5.41, 5.74) is 2.04. The van der Waals surface area contributed by atoms with Gasteiger partial charge in [-0.3, -0.25) is 4.79 Å². The number of rotatable bonds is 7. The molecule has 158 valence electrons. The van der Waals surface area contributed by atoms with E-state index >= 15 is 0 Å². The van der Waals surface area contributed by atoms with E-state index in [0.29, 0.717) is 37.4 Å². The van der Waals surface area contributed by atoms with Crippen LogP contribution in [0.3, 0.4) is 0 Å². The van der Waals surface area contributed by atoms with E-state index < -0.39 is 10.0 Å². The summed E-state index contributed by atoms with van der Waals surface area (Å²) in [6.07, 6.45) is 1.12. The van der Waals surface area contributed by atoms with Crippen molar-refractivity contribution in [3.8, 4) is 0 Å². The third kappa shape index (κ3) is 5.78. The van der Waals surface area contributed by atoms with Gasteiger partial charge in [-0.1, -0.05) is 19.9 Å². The number of benzene rings is 1. The Morgan fingerprint density at radius 3 is 2.32 bits per heavy atom. The molecule has 0 radical (unpaired) electrons. The number of carbonyl (C=O) groups is 1. The third-order valence-electron chi connectivity index (χ3n) is 5.43. The van der Waals surface area contributed by atoms with E-state index in [1.165, 1.54) is 4.31 Å². The van der Waals surface area contributed by atoms with E-state index in [1.807, 2.05) is 34.0 Å². The second-order valence-electron chi connectivity index (χ2n) is 9.04. The first-order valence-corrected chi connectivity index (χ1v) is 11.4. The minimum absolute atomic E-state index is 0.00744. The number of nitrogens with one attached hydrogen (secondary N) is 1. The first-order chi connectivity index (χ1) is 12.9. The standard InChI is InChI=1S/C21H35N3O3S/c1-16-7-8-19(13-17(16)2)28(26,27)24-11-9-18(10-12-24)20(25)22-14-21(3,4)15-23(5)6/h7-8,13,18H,9-12,14-15H2,1-6H3,(H,22,25). The van der Waals surface area contributed by atoms with E-state index in [2.05, 4.69) is 24.1 Å². The molecule has 1 heterocycles. The van der Waals surface area contributed by atoms with Gasteiger partial charge in [0.05, 0.1) is 4.90 Å². The Hall–Kier alpha value is -1.44. The molecule has 1 fully saturated rings. The molecular weight excluding hydrogens is 374 g/mol. The number of sulfonamides is 1. The zero-order valence-corrected chi connectivity index (χ0v) is 18.9. The number of nitrogens with zero attached hydrogens (tertiary/aromatic N) is 2. The van der Waals surface area contributed by atoms with Gasteiger partial charge in [-0.2, -0.15) is 4.31 Å². The molecule has 7 heteroatoms. The van der Waals surface area contributed by atoms with Crippen molar-refractivity contribution in [3.05, 3.63) is 29.3 Å². The minimum Gasteiger partial charge on any atom is -0.355 e. The summed E-state index contributed by atoms with van der Waals surface area (Å²) in [4.78, 5) is 15.0. The zero-order chi connectivity index (χ0) is 21.1. The van der Waals surface area contributed by atoms with Crippen LogP contribution in [0.2, 0.25) is 0 Å². The van der Waals surface area contributed by atoms with Gasteiger partial charge in [-0.25, -0.2) is 8.42 Å². The summed E-state index contributed by atoms with van der Waals surface area (Å²) >= 11 is 0. The fourth-order valence-electron chi connectivity index (χ4n) is 3.76. The second kappa shape index (κ2) is 8.93. The van der Waals surface area contributed by atoms with Gasteiger partial charge in [0.1, 0.15) is 0 Å². The average molecular weight is 410 g/mol. The van der Waals surface area contributed by atoms with E-state index in [0.717, 1.165) is 17.7 Å². The number of hydrogen-bond acceptors (Lipinski definition) is 4. The van der Waals surface area contributed by atoms with Crippen LogP contribution in [0.15, 0.2) is 23.1 Å². The molecule has 1 saturated heterocycles. The summed E-state index contributed by atoms with van der Waals surface area (Å²) in [6, 6.07) is 5.25. The Kier molecular flexibility index (Phi) is 7.28. The Morgan fingerprint density at radius 2 is 1.79 bits per heavy atom. The Labute approximate surface area is 170 Å². The Balaban J connectivity index is 1.93. The molecule has 1 amide bonds. The van der Waals surface area contributed by atoms with Crippen molar-refractivity contribution in [1.29, 1.82) is 0 Å². The van der Waals surface area contributed by atoms with Crippen LogP contribution in [-0.4, -0.2) is 63.8 Å². The largest absolute Gasteiger partial charge is 0.355 e. The van der Waals surface area contributed by atoms with E-state index in [-0.39, 0.29) is 17.2 Å². The molecule has 0 spiro atoms. The highest BCUT2D eigenvalue weighted by atomic mass is 32.2. The van der Waals surface area contributed by atoms with Crippen molar-refractivity contribution in [2.75, 3.05) is 40.3 Å². The first-order valence-electron chi connectivity index (χ1n) is 9.92. The molecule has 1 aromatic carbocycles. The summed E-state index contributed by atoms with van der Waals surface area (Å²) in [5, 5.41) is 3.06. The maximum Gasteiger partial charge on any atom is 0.243 e. The van der Waals surface area contributed by atoms with Gasteiger partial charge >= 0.3 is 0 Å². The number of hydrogen-bond donors (Lipinski definition) is 1. The molecule has 6 nitrogen and oxygen atoms in total. The van der Waals surface area contributed by atoms with Gasteiger partial charge < -0.3 is 10.2 Å². The van der Waals surface area contributed by atoms with Crippen molar-refractivity contribution in [1.82, 2.24) is 14.5 Å². The van der Waals surface area contributed by atoms with Gasteiger partial charge in [0.15, 0.2) is 0 Å². The quantitative estimate of drug-likeness (QED) is 0.751. The van der Waals surface area contributed by atoms with Crippen molar-refractivity contribution < 1.29 is 13.2 Å². The predicted molar refractivity (Wildman–Crippen MR) is 113 cm³/mol. The van der Waals surface area contributed by atoms with E-state index in [1.54, 1.807) is 12.1 Å². The highest BCUT2D eigenvalue weighted by Crippen LogP contribution is 2.25. The molecule has 0 saturated carbocycles. The van der Waals surface area contributed by atoms with Gasteiger partial charge in [-0.05, 0) is 69.5 Å². The molecule has 2 rings (SSSR count). The fraction of sp³-hybridized carbons (Fsp3) is 0.667. The lowest BCUT2D eigenvalue weighted by Gasteiger charge is -2.32. The number of amides is 1. The number of aryl methyl sites for hydroxylation is 2. The molecule has 1 aliphatic rings. The van der Waals surface area contributed by atoms with Crippen molar-refractivity contribution in [2.45, 2.75) is 45.4 Å². The molecule has 28 heavy (non-hydrogen) atoms. The van der Waals surface area contributed by atoms with Gasteiger partial charge in [0.25, 0.3) is 0 Å². The fourth-order valence-corrected chi connectivity index (χ4v) is 5.32. The zero-order valence-electron chi connectivity index (χ0n) is 18.1. The smallest absolute Gasteiger partial charge is 0.243 e. The summed E-state index contributed by atoms with van der Waals surface area (Å²) < 4.78 is 27.3. The van der Waals surface area contributed by atoms with Crippen molar-refractivity contribution in [2.24, 2.45) is 11.3 Å². The lowest BCUT2D eigenvalue weighted by molar-refractivity contribution is -0.126. The van der Waals surface area contributed by atoms with Gasteiger partial charge in [0, 0.05) is 32.1 Å². The molecular formula is C21H35N3O3S. The van der Waals surface area contributed by atoms with Gasteiger partial charge in [-0.15, -0.1) is 0 Å². The summed E-state index contributed by atoms with van der Waals surface area (Å²) in [5.74, 6) is -0.0866. The van der Waals surface area contributed by atoms with Crippen LogP contribution in [0.1, 0.15) is 37.8 Å². The highest BCUT2D eigenvalue weighted by molar-refractivity contribution is 7.89. The lowest BCUT2D eigenvalue weighted by atomic mass is 9.91. The first kappa shape index (κ1) is 22.8. The monoisotopic (exact) mass is 409 g/mol. The normalized spacial score (nSPS) is 17.1. The molecule has 0 aliphatic carbocycles. The van der Waals surface area contributed by atoms with E-state index in [4.69, 9.17) is 0 Å². The molecule has 1 N–H and O–H groups in total. The maximum absolute atomic E-state index is 12.9. The topological polar surface area (TPSA) is 69.7 Å². The van der Waals surface area contributed by atoms with E-state index in [9.17, 15) is 13.2 Å². The average Bonchev–Trinajstić information content (AvgIpc) is 2.61. The van der Waals surface area contributed by atoms with Gasteiger partial charge in [0.2, 0.25) is 15.9 Å².